The van der Waals surface area contributed by atoms with Gasteiger partial charge in [0.15, 0.2) is 0 Å². The molecule has 3 heterocycles. The highest BCUT2D eigenvalue weighted by atomic mass is 32.1. The zero-order valence-electron chi connectivity index (χ0n) is 10.6. The zero-order chi connectivity index (χ0) is 13.1. The summed E-state index contributed by atoms with van der Waals surface area (Å²) in [5, 5.41) is 5.31. The van der Waals surface area contributed by atoms with Crippen molar-refractivity contribution >= 4 is 11.3 Å². The van der Waals surface area contributed by atoms with Crippen LogP contribution in [0.5, 0.6) is 0 Å². The summed E-state index contributed by atoms with van der Waals surface area (Å²) in [6.45, 7) is 4.68. The van der Waals surface area contributed by atoms with Crippen molar-refractivity contribution in [2.75, 3.05) is 26.2 Å². The molecule has 1 saturated heterocycles. The SMILES string of the molecule is O=c1cc(-c2cccs2)nc(CN2CCNCC2)[nH]1. The van der Waals surface area contributed by atoms with Crippen molar-refractivity contribution in [1.82, 2.24) is 20.2 Å². The van der Waals surface area contributed by atoms with Gasteiger partial charge in [-0.25, -0.2) is 4.98 Å². The number of rotatable bonds is 3. The van der Waals surface area contributed by atoms with Crippen LogP contribution in [-0.2, 0) is 6.54 Å². The number of aromatic amines is 1. The molecule has 0 aromatic carbocycles. The minimum Gasteiger partial charge on any atom is -0.314 e. The molecule has 0 aliphatic carbocycles. The summed E-state index contributed by atoms with van der Waals surface area (Å²) in [6.07, 6.45) is 0. The summed E-state index contributed by atoms with van der Waals surface area (Å²) < 4.78 is 0. The fourth-order valence-electron chi connectivity index (χ4n) is 2.21. The van der Waals surface area contributed by atoms with E-state index in [1.165, 1.54) is 0 Å². The molecule has 0 bridgehead atoms. The van der Waals surface area contributed by atoms with Crippen LogP contribution in [0.2, 0.25) is 0 Å². The average molecular weight is 276 g/mol. The fraction of sp³-hybridized carbons (Fsp3) is 0.385. The van der Waals surface area contributed by atoms with E-state index in [2.05, 4.69) is 20.2 Å². The predicted molar refractivity (Wildman–Crippen MR) is 76.3 cm³/mol. The van der Waals surface area contributed by atoms with Crippen LogP contribution in [0.4, 0.5) is 0 Å². The van der Waals surface area contributed by atoms with Gasteiger partial charge < -0.3 is 10.3 Å². The first-order valence-corrected chi connectivity index (χ1v) is 7.26. The molecule has 0 saturated carbocycles. The van der Waals surface area contributed by atoms with Gasteiger partial charge in [0.1, 0.15) is 5.82 Å². The summed E-state index contributed by atoms with van der Waals surface area (Å²) in [5.41, 5.74) is 0.687. The third-order valence-corrected chi connectivity index (χ3v) is 4.04. The van der Waals surface area contributed by atoms with Crippen LogP contribution in [0.15, 0.2) is 28.4 Å². The van der Waals surface area contributed by atoms with E-state index >= 15 is 0 Å². The number of aromatic nitrogens is 2. The first-order valence-electron chi connectivity index (χ1n) is 6.38. The van der Waals surface area contributed by atoms with Gasteiger partial charge in [0.25, 0.3) is 5.56 Å². The maximum atomic E-state index is 11.7. The molecule has 6 heteroatoms. The Morgan fingerprint density at radius 1 is 1.37 bits per heavy atom. The minimum atomic E-state index is -0.0801. The molecule has 0 amide bonds. The first-order chi connectivity index (χ1) is 9.31. The van der Waals surface area contributed by atoms with E-state index in [4.69, 9.17) is 0 Å². The summed E-state index contributed by atoms with van der Waals surface area (Å²) in [4.78, 5) is 22.5. The zero-order valence-corrected chi connectivity index (χ0v) is 11.4. The second-order valence-electron chi connectivity index (χ2n) is 4.58. The number of nitrogens with one attached hydrogen (secondary N) is 2. The summed E-state index contributed by atoms with van der Waals surface area (Å²) in [7, 11) is 0. The molecule has 0 atom stereocenters. The van der Waals surface area contributed by atoms with Crippen molar-refractivity contribution in [2.24, 2.45) is 0 Å². The number of piperazine rings is 1. The predicted octanol–water partition coefficient (Wildman–Crippen LogP) is 0.904. The van der Waals surface area contributed by atoms with Gasteiger partial charge in [-0.2, -0.15) is 0 Å². The highest BCUT2D eigenvalue weighted by Gasteiger charge is 2.12. The van der Waals surface area contributed by atoms with Gasteiger partial charge in [0.2, 0.25) is 0 Å². The van der Waals surface area contributed by atoms with Crippen LogP contribution in [0, 0.1) is 0 Å². The van der Waals surface area contributed by atoms with Crippen molar-refractivity contribution in [1.29, 1.82) is 0 Å². The molecule has 1 aliphatic heterocycles. The Hall–Kier alpha value is -1.50. The largest absolute Gasteiger partial charge is 0.314 e. The van der Waals surface area contributed by atoms with E-state index in [0.717, 1.165) is 42.6 Å². The number of hydrogen-bond acceptors (Lipinski definition) is 5. The van der Waals surface area contributed by atoms with E-state index in [9.17, 15) is 4.79 Å². The van der Waals surface area contributed by atoms with Gasteiger partial charge in [0, 0.05) is 32.2 Å². The molecule has 1 aliphatic rings. The van der Waals surface area contributed by atoms with E-state index in [0.29, 0.717) is 6.54 Å². The second kappa shape index (κ2) is 5.64. The lowest BCUT2D eigenvalue weighted by Crippen LogP contribution is -2.43. The lowest BCUT2D eigenvalue weighted by atomic mass is 10.3. The Morgan fingerprint density at radius 3 is 2.95 bits per heavy atom. The smallest absolute Gasteiger partial charge is 0.251 e. The van der Waals surface area contributed by atoms with Gasteiger partial charge >= 0.3 is 0 Å². The topological polar surface area (TPSA) is 61.0 Å². The quantitative estimate of drug-likeness (QED) is 0.874. The van der Waals surface area contributed by atoms with Crippen molar-refractivity contribution in [3.05, 3.63) is 39.8 Å². The van der Waals surface area contributed by atoms with Gasteiger partial charge in [-0.1, -0.05) is 6.07 Å². The lowest BCUT2D eigenvalue weighted by molar-refractivity contribution is 0.228. The van der Waals surface area contributed by atoms with Crippen LogP contribution >= 0.6 is 11.3 Å². The monoisotopic (exact) mass is 276 g/mol. The normalized spacial score (nSPS) is 16.6. The summed E-state index contributed by atoms with van der Waals surface area (Å²) in [5.74, 6) is 0.748. The molecular weight excluding hydrogens is 260 g/mol. The van der Waals surface area contributed by atoms with Crippen molar-refractivity contribution in [3.8, 4) is 10.6 Å². The van der Waals surface area contributed by atoms with E-state index in [1.54, 1.807) is 17.4 Å². The molecule has 0 unspecified atom stereocenters. The molecule has 2 aromatic heterocycles. The molecule has 0 spiro atoms. The minimum absolute atomic E-state index is 0.0801. The standard InChI is InChI=1S/C13H16N4OS/c18-13-8-10(11-2-1-7-19-11)15-12(16-13)9-17-5-3-14-4-6-17/h1-2,7-8,14H,3-6,9H2,(H,15,16,18). The van der Waals surface area contributed by atoms with Crippen molar-refractivity contribution < 1.29 is 0 Å². The molecule has 5 nitrogen and oxygen atoms in total. The van der Waals surface area contributed by atoms with Crippen LogP contribution in [0.3, 0.4) is 0 Å². The highest BCUT2D eigenvalue weighted by molar-refractivity contribution is 7.13. The second-order valence-corrected chi connectivity index (χ2v) is 5.53. The average Bonchev–Trinajstić information content (AvgIpc) is 2.93. The maximum absolute atomic E-state index is 11.7. The Labute approximate surface area is 115 Å². The molecule has 2 N–H and O–H groups in total. The molecule has 100 valence electrons. The van der Waals surface area contributed by atoms with Gasteiger partial charge in [-0.05, 0) is 11.4 Å². The van der Waals surface area contributed by atoms with E-state index in [1.807, 2.05) is 17.5 Å². The Balaban J connectivity index is 1.83. The Kier molecular flexibility index (Phi) is 3.72. The number of thiophene rings is 1. The molecule has 0 radical (unpaired) electrons. The molecule has 1 fully saturated rings. The van der Waals surface area contributed by atoms with Crippen LogP contribution in [0.25, 0.3) is 10.6 Å². The summed E-state index contributed by atoms with van der Waals surface area (Å²) >= 11 is 1.60. The van der Waals surface area contributed by atoms with Crippen molar-refractivity contribution in [2.45, 2.75) is 6.54 Å². The van der Waals surface area contributed by atoms with E-state index < -0.39 is 0 Å². The lowest BCUT2D eigenvalue weighted by Gasteiger charge is -2.26. The van der Waals surface area contributed by atoms with Crippen LogP contribution in [0.1, 0.15) is 5.82 Å². The molecule has 3 rings (SSSR count). The molecule has 2 aromatic rings. The first kappa shape index (κ1) is 12.5. The van der Waals surface area contributed by atoms with E-state index in [-0.39, 0.29) is 5.56 Å². The van der Waals surface area contributed by atoms with Gasteiger partial charge in [-0.3, -0.25) is 9.69 Å². The Bertz CT molecular complexity index is 587. The Morgan fingerprint density at radius 2 is 2.21 bits per heavy atom. The molecule has 19 heavy (non-hydrogen) atoms. The summed E-state index contributed by atoms with van der Waals surface area (Å²) in [6, 6.07) is 5.52. The maximum Gasteiger partial charge on any atom is 0.251 e. The van der Waals surface area contributed by atoms with Gasteiger partial charge in [0.05, 0.1) is 17.1 Å². The number of nitrogens with zero attached hydrogens (tertiary/aromatic N) is 2. The highest BCUT2D eigenvalue weighted by Crippen LogP contribution is 2.21. The third kappa shape index (κ3) is 3.09. The van der Waals surface area contributed by atoms with Crippen LogP contribution < -0.4 is 10.9 Å². The van der Waals surface area contributed by atoms with Gasteiger partial charge in [-0.15, -0.1) is 11.3 Å². The van der Waals surface area contributed by atoms with Crippen molar-refractivity contribution in [3.63, 3.8) is 0 Å². The number of hydrogen-bond donors (Lipinski definition) is 2. The third-order valence-electron chi connectivity index (χ3n) is 3.15. The fourth-order valence-corrected chi connectivity index (χ4v) is 2.90. The molecular formula is C13H16N4OS. The number of H-pyrrole nitrogens is 1. The van der Waals surface area contributed by atoms with Crippen LogP contribution in [-0.4, -0.2) is 41.0 Å².